The Labute approximate surface area is 97.0 Å². The monoisotopic (exact) mass is 230 g/mol. The third-order valence-electron chi connectivity index (χ3n) is 3.33. The van der Waals surface area contributed by atoms with E-state index in [1.54, 1.807) is 0 Å². The Kier molecular flexibility index (Phi) is 4.46. The van der Waals surface area contributed by atoms with Crippen LogP contribution in [-0.2, 0) is 4.79 Å². The highest BCUT2D eigenvalue weighted by molar-refractivity contribution is 7.99. The van der Waals surface area contributed by atoms with Crippen LogP contribution in [0.25, 0.3) is 0 Å². The van der Waals surface area contributed by atoms with Gasteiger partial charge in [-0.25, -0.2) is 0 Å². The summed E-state index contributed by atoms with van der Waals surface area (Å²) in [6.07, 6.45) is 4.06. The average molecular weight is 230 g/mol. The lowest BCUT2D eigenvalue weighted by Crippen LogP contribution is -2.43. The molecule has 2 atom stereocenters. The minimum atomic E-state index is -0.317. The number of carbonyl (C=O) groups excluding carboxylic acids is 1. The first kappa shape index (κ1) is 12.8. The van der Waals surface area contributed by atoms with Crippen LogP contribution in [0.2, 0.25) is 0 Å². The maximum atomic E-state index is 12.0. The van der Waals surface area contributed by atoms with Crippen molar-refractivity contribution in [2.75, 3.05) is 19.5 Å². The predicted molar refractivity (Wildman–Crippen MR) is 66.0 cm³/mol. The summed E-state index contributed by atoms with van der Waals surface area (Å²) in [6.45, 7) is 7.84. The quantitative estimate of drug-likeness (QED) is 0.780. The molecule has 1 fully saturated rings. The zero-order valence-electron chi connectivity index (χ0n) is 10.2. The van der Waals surface area contributed by atoms with Gasteiger partial charge in [0.05, 0.1) is 12.2 Å². The molecule has 1 aliphatic rings. The first-order valence-corrected chi connectivity index (χ1v) is 6.89. The summed E-state index contributed by atoms with van der Waals surface area (Å²) in [4.78, 5) is 14.0. The second kappa shape index (κ2) is 5.21. The molecule has 1 aliphatic heterocycles. The molecule has 88 valence electrons. The SMILES string of the molecule is CCC1(C)NCN(CCC(C)SC)C1=O. The fraction of sp³-hybridized carbons (Fsp3) is 0.909. The number of hydrogen-bond acceptors (Lipinski definition) is 3. The Morgan fingerprint density at radius 1 is 1.67 bits per heavy atom. The first-order valence-electron chi connectivity index (χ1n) is 5.60. The molecule has 1 saturated heterocycles. The Hall–Kier alpha value is -0.220. The van der Waals surface area contributed by atoms with E-state index >= 15 is 0 Å². The predicted octanol–water partition coefficient (Wildman–Crippen LogP) is 1.69. The van der Waals surface area contributed by atoms with E-state index in [0.717, 1.165) is 19.4 Å². The topological polar surface area (TPSA) is 32.3 Å². The molecular weight excluding hydrogens is 208 g/mol. The smallest absolute Gasteiger partial charge is 0.243 e. The number of hydrogen-bond donors (Lipinski definition) is 1. The van der Waals surface area contributed by atoms with Gasteiger partial charge in [0, 0.05) is 11.8 Å². The molecule has 1 amide bonds. The number of amides is 1. The molecule has 0 aromatic rings. The number of nitrogens with zero attached hydrogens (tertiary/aromatic N) is 1. The minimum Gasteiger partial charge on any atom is -0.328 e. The fourth-order valence-electron chi connectivity index (χ4n) is 1.68. The van der Waals surface area contributed by atoms with Crippen LogP contribution >= 0.6 is 11.8 Å². The van der Waals surface area contributed by atoms with E-state index in [1.807, 2.05) is 23.6 Å². The van der Waals surface area contributed by atoms with Crippen molar-refractivity contribution >= 4 is 17.7 Å². The van der Waals surface area contributed by atoms with Crippen molar-refractivity contribution < 1.29 is 4.79 Å². The maximum absolute atomic E-state index is 12.0. The molecule has 0 bridgehead atoms. The summed E-state index contributed by atoms with van der Waals surface area (Å²) in [7, 11) is 0. The van der Waals surface area contributed by atoms with E-state index in [2.05, 4.69) is 25.4 Å². The van der Waals surface area contributed by atoms with Crippen LogP contribution in [0.3, 0.4) is 0 Å². The van der Waals surface area contributed by atoms with Gasteiger partial charge in [-0.3, -0.25) is 10.1 Å². The van der Waals surface area contributed by atoms with Gasteiger partial charge in [0.25, 0.3) is 0 Å². The molecular formula is C11H22N2OS. The molecule has 4 heteroatoms. The van der Waals surface area contributed by atoms with E-state index in [9.17, 15) is 4.79 Å². The van der Waals surface area contributed by atoms with E-state index in [1.165, 1.54) is 0 Å². The third-order valence-corrected chi connectivity index (χ3v) is 4.37. The van der Waals surface area contributed by atoms with Crippen molar-refractivity contribution in [3.8, 4) is 0 Å². The Balaban J connectivity index is 2.43. The minimum absolute atomic E-state index is 0.262. The molecule has 1 rings (SSSR count). The zero-order chi connectivity index (χ0) is 11.5. The van der Waals surface area contributed by atoms with Crippen LogP contribution < -0.4 is 5.32 Å². The van der Waals surface area contributed by atoms with Crippen LogP contribution in [0.4, 0.5) is 0 Å². The average Bonchev–Trinajstić information content (AvgIpc) is 2.54. The highest BCUT2D eigenvalue weighted by Crippen LogP contribution is 2.20. The summed E-state index contributed by atoms with van der Waals surface area (Å²) in [6, 6.07) is 0. The molecule has 0 radical (unpaired) electrons. The zero-order valence-corrected chi connectivity index (χ0v) is 11.0. The van der Waals surface area contributed by atoms with Gasteiger partial charge >= 0.3 is 0 Å². The molecule has 15 heavy (non-hydrogen) atoms. The highest BCUT2D eigenvalue weighted by atomic mass is 32.2. The van der Waals surface area contributed by atoms with Gasteiger partial charge in [-0.1, -0.05) is 13.8 Å². The molecule has 3 nitrogen and oxygen atoms in total. The van der Waals surface area contributed by atoms with Crippen molar-refractivity contribution in [2.24, 2.45) is 0 Å². The number of thioether (sulfide) groups is 1. The summed E-state index contributed by atoms with van der Waals surface area (Å²) >= 11 is 1.86. The summed E-state index contributed by atoms with van der Waals surface area (Å²) < 4.78 is 0. The second-order valence-electron chi connectivity index (χ2n) is 4.42. The second-order valence-corrected chi connectivity index (χ2v) is 5.70. The molecule has 1 N–H and O–H groups in total. The fourth-order valence-corrected chi connectivity index (χ4v) is 2.02. The maximum Gasteiger partial charge on any atom is 0.243 e. The number of rotatable bonds is 5. The van der Waals surface area contributed by atoms with Crippen LogP contribution in [0.1, 0.15) is 33.6 Å². The van der Waals surface area contributed by atoms with Gasteiger partial charge in [0.2, 0.25) is 5.91 Å². The van der Waals surface area contributed by atoms with E-state index in [4.69, 9.17) is 0 Å². The van der Waals surface area contributed by atoms with Gasteiger partial charge in [-0.05, 0) is 26.0 Å². The Morgan fingerprint density at radius 2 is 2.33 bits per heavy atom. The van der Waals surface area contributed by atoms with Crippen LogP contribution in [0.5, 0.6) is 0 Å². The molecule has 0 aromatic heterocycles. The van der Waals surface area contributed by atoms with Gasteiger partial charge in [-0.15, -0.1) is 0 Å². The van der Waals surface area contributed by atoms with Crippen molar-refractivity contribution in [3.63, 3.8) is 0 Å². The molecule has 0 saturated carbocycles. The van der Waals surface area contributed by atoms with Crippen molar-refractivity contribution in [2.45, 2.75) is 44.4 Å². The number of carbonyl (C=O) groups is 1. The number of nitrogens with one attached hydrogen (secondary N) is 1. The van der Waals surface area contributed by atoms with Gasteiger partial charge in [0.1, 0.15) is 0 Å². The van der Waals surface area contributed by atoms with E-state index in [0.29, 0.717) is 11.9 Å². The van der Waals surface area contributed by atoms with Crippen molar-refractivity contribution in [1.82, 2.24) is 10.2 Å². The van der Waals surface area contributed by atoms with Gasteiger partial charge in [0.15, 0.2) is 0 Å². The van der Waals surface area contributed by atoms with Crippen molar-refractivity contribution in [1.29, 1.82) is 0 Å². The van der Waals surface area contributed by atoms with Crippen molar-refractivity contribution in [3.05, 3.63) is 0 Å². The van der Waals surface area contributed by atoms with Crippen LogP contribution in [0, 0.1) is 0 Å². The lowest BCUT2D eigenvalue weighted by molar-refractivity contribution is -0.132. The molecule has 0 aliphatic carbocycles. The molecule has 0 aromatic carbocycles. The summed E-state index contributed by atoms with van der Waals surface area (Å²) in [5.74, 6) is 0.262. The largest absolute Gasteiger partial charge is 0.328 e. The van der Waals surface area contributed by atoms with Crippen LogP contribution in [-0.4, -0.2) is 41.1 Å². The molecule has 0 spiro atoms. The molecule has 2 unspecified atom stereocenters. The normalized spacial score (nSPS) is 28.5. The van der Waals surface area contributed by atoms with Gasteiger partial charge < -0.3 is 4.90 Å². The van der Waals surface area contributed by atoms with E-state index < -0.39 is 0 Å². The highest BCUT2D eigenvalue weighted by Gasteiger charge is 2.40. The lowest BCUT2D eigenvalue weighted by Gasteiger charge is -2.21. The van der Waals surface area contributed by atoms with Gasteiger partial charge in [-0.2, -0.15) is 11.8 Å². The Bertz CT molecular complexity index is 235. The van der Waals surface area contributed by atoms with E-state index in [-0.39, 0.29) is 11.4 Å². The lowest BCUT2D eigenvalue weighted by atomic mass is 9.99. The molecule has 1 heterocycles. The summed E-state index contributed by atoms with van der Waals surface area (Å²) in [5, 5.41) is 3.92. The summed E-state index contributed by atoms with van der Waals surface area (Å²) in [5.41, 5.74) is -0.317. The van der Waals surface area contributed by atoms with Crippen LogP contribution in [0.15, 0.2) is 0 Å². The standard InChI is InChI=1S/C11H22N2OS/c1-5-11(3)10(14)13(8-12-11)7-6-9(2)15-4/h9,12H,5-8H2,1-4H3. The third kappa shape index (κ3) is 2.88. The first-order chi connectivity index (χ1) is 7.03. The Morgan fingerprint density at radius 3 is 2.80 bits per heavy atom.